The van der Waals surface area contributed by atoms with Gasteiger partial charge in [0, 0.05) is 38.0 Å². The SMILES string of the molecule is O=C1NC2(CCN(Cc3ccccc3)CC2)N=C1c1cccc(F)c1. The van der Waals surface area contributed by atoms with Crippen LogP contribution < -0.4 is 5.32 Å². The zero-order chi connectivity index (χ0) is 17.3. The Labute approximate surface area is 146 Å². The number of rotatable bonds is 3. The van der Waals surface area contributed by atoms with Crippen molar-refractivity contribution in [1.29, 1.82) is 0 Å². The summed E-state index contributed by atoms with van der Waals surface area (Å²) in [7, 11) is 0. The summed E-state index contributed by atoms with van der Waals surface area (Å²) in [6.07, 6.45) is 1.54. The van der Waals surface area contributed by atoms with Crippen molar-refractivity contribution in [3.05, 3.63) is 71.5 Å². The monoisotopic (exact) mass is 337 g/mol. The molecule has 1 amide bonds. The van der Waals surface area contributed by atoms with Crippen LogP contribution in [0.25, 0.3) is 0 Å². The standard InChI is InChI=1S/C20H20FN3O/c21-17-8-4-7-16(13-17)18-19(25)23-20(22-18)9-11-24(12-10-20)14-15-5-2-1-3-6-15/h1-8,13H,9-12,14H2,(H,23,25). The van der Waals surface area contributed by atoms with Crippen LogP contribution in [0.2, 0.25) is 0 Å². The molecule has 0 saturated carbocycles. The Kier molecular flexibility index (Phi) is 4.09. The molecule has 1 spiro atoms. The fourth-order valence-electron chi connectivity index (χ4n) is 3.55. The van der Waals surface area contributed by atoms with Gasteiger partial charge in [-0.15, -0.1) is 0 Å². The molecule has 0 radical (unpaired) electrons. The maximum absolute atomic E-state index is 13.4. The average Bonchev–Trinajstić information content (AvgIpc) is 2.94. The van der Waals surface area contributed by atoms with Crippen LogP contribution in [0.3, 0.4) is 0 Å². The van der Waals surface area contributed by atoms with Crippen LogP contribution in [-0.4, -0.2) is 35.3 Å². The largest absolute Gasteiger partial charge is 0.326 e. The van der Waals surface area contributed by atoms with Crippen LogP contribution in [0.1, 0.15) is 24.0 Å². The summed E-state index contributed by atoms with van der Waals surface area (Å²) in [5, 5.41) is 3.03. The molecule has 0 unspecified atom stereocenters. The Balaban J connectivity index is 1.47. The average molecular weight is 337 g/mol. The number of likely N-dealkylation sites (tertiary alicyclic amines) is 1. The summed E-state index contributed by atoms with van der Waals surface area (Å²) >= 11 is 0. The zero-order valence-corrected chi connectivity index (χ0v) is 13.9. The highest BCUT2D eigenvalue weighted by atomic mass is 19.1. The minimum absolute atomic E-state index is 0.206. The van der Waals surface area contributed by atoms with E-state index in [-0.39, 0.29) is 11.7 Å². The highest BCUT2D eigenvalue weighted by Crippen LogP contribution is 2.29. The molecule has 1 saturated heterocycles. The van der Waals surface area contributed by atoms with Crippen molar-refractivity contribution >= 4 is 11.6 Å². The molecule has 2 heterocycles. The molecule has 1 N–H and O–H groups in total. The summed E-state index contributed by atoms with van der Waals surface area (Å²) in [6.45, 7) is 2.65. The lowest BCUT2D eigenvalue weighted by molar-refractivity contribution is -0.115. The van der Waals surface area contributed by atoms with Crippen LogP contribution in [0.4, 0.5) is 4.39 Å². The van der Waals surface area contributed by atoms with Crippen molar-refractivity contribution in [2.24, 2.45) is 4.99 Å². The van der Waals surface area contributed by atoms with E-state index in [1.54, 1.807) is 12.1 Å². The van der Waals surface area contributed by atoms with Gasteiger partial charge in [0.05, 0.1) is 0 Å². The first kappa shape index (κ1) is 16.0. The van der Waals surface area contributed by atoms with Gasteiger partial charge in [-0.05, 0) is 17.7 Å². The fraction of sp³-hybridized carbons (Fsp3) is 0.300. The predicted molar refractivity (Wildman–Crippen MR) is 94.8 cm³/mol. The number of benzene rings is 2. The minimum Gasteiger partial charge on any atom is -0.326 e. The van der Waals surface area contributed by atoms with Crippen molar-refractivity contribution < 1.29 is 9.18 Å². The summed E-state index contributed by atoms with van der Waals surface area (Å²) in [5.41, 5.74) is 1.64. The predicted octanol–water partition coefficient (Wildman–Crippen LogP) is 2.74. The highest BCUT2D eigenvalue weighted by molar-refractivity contribution is 6.46. The molecular formula is C20H20FN3O. The molecule has 1 fully saturated rings. The minimum atomic E-state index is -0.536. The number of carbonyl (C=O) groups is 1. The summed E-state index contributed by atoms with van der Waals surface area (Å²) in [4.78, 5) is 19.4. The molecule has 2 aromatic rings. The van der Waals surface area contributed by atoms with Crippen LogP contribution in [0, 0.1) is 5.82 Å². The maximum atomic E-state index is 13.4. The Morgan fingerprint density at radius 3 is 2.56 bits per heavy atom. The summed E-state index contributed by atoms with van der Waals surface area (Å²) in [6, 6.07) is 16.4. The van der Waals surface area contributed by atoms with E-state index in [2.05, 4.69) is 27.3 Å². The second-order valence-electron chi connectivity index (χ2n) is 6.72. The molecule has 0 atom stereocenters. The number of nitrogens with zero attached hydrogens (tertiary/aromatic N) is 2. The third kappa shape index (κ3) is 3.33. The smallest absolute Gasteiger partial charge is 0.272 e. The van der Waals surface area contributed by atoms with Gasteiger partial charge >= 0.3 is 0 Å². The third-order valence-corrected chi connectivity index (χ3v) is 4.92. The molecule has 2 aliphatic rings. The first-order valence-electron chi connectivity index (χ1n) is 8.58. The molecule has 25 heavy (non-hydrogen) atoms. The van der Waals surface area contributed by atoms with E-state index in [9.17, 15) is 9.18 Å². The van der Waals surface area contributed by atoms with E-state index >= 15 is 0 Å². The molecule has 5 heteroatoms. The Morgan fingerprint density at radius 2 is 1.84 bits per heavy atom. The molecule has 128 valence electrons. The number of hydrogen-bond acceptors (Lipinski definition) is 3. The zero-order valence-electron chi connectivity index (χ0n) is 13.9. The molecule has 0 aliphatic carbocycles. The van der Waals surface area contributed by atoms with Crippen LogP contribution in [0.15, 0.2) is 59.6 Å². The van der Waals surface area contributed by atoms with Gasteiger partial charge in [-0.1, -0.05) is 42.5 Å². The molecule has 2 aromatic carbocycles. The van der Waals surface area contributed by atoms with Crippen LogP contribution >= 0.6 is 0 Å². The Bertz CT molecular complexity index is 811. The van der Waals surface area contributed by atoms with E-state index in [0.717, 1.165) is 32.5 Å². The van der Waals surface area contributed by atoms with E-state index < -0.39 is 5.66 Å². The molecule has 4 rings (SSSR count). The number of aliphatic imine (C=N–C) groups is 1. The van der Waals surface area contributed by atoms with E-state index in [4.69, 9.17) is 0 Å². The Morgan fingerprint density at radius 1 is 1.08 bits per heavy atom. The molecule has 0 aromatic heterocycles. The number of nitrogens with one attached hydrogen (secondary N) is 1. The van der Waals surface area contributed by atoms with Gasteiger partial charge in [0.2, 0.25) is 0 Å². The number of amides is 1. The normalized spacial score (nSPS) is 19.7. The van der Waals surface area contributed by atoms with Crippen molar-refractivity contribution in [1.82, 2.24) is 10.2 Å². The maximum Gasteiger partial charge on any atom is 0.272 e. The van der Waals surface area contributed by atoms with Crippen molar-refractivity contribution in [3.63, 3.8) is 0 Å². The first-order chi connectivity index (χ1) is 12.1. The van der Waals surface area contributed by atoms with Crippen LogP contribution in [-0.2, 0) is 11.3 Å². The van der Waals surface area contributed by atoms with Crippen molar-refractivity contribution in [2.75, 3.05) is 13.1 Å². The van der Waals surface area contributed by atoms with Crippen molar-refractivity contribution in [2.45, 2.75) is 25.0 Å². The number of halogens is 1. The lowest BCUT2D eigenvalue weighted by Crippen LogP contribution is -2.50. The summed E-state index contributed by atoms with van der Waals surface area (Å²) < 4.78 is 13.4. The Hall–Kier alpha value is -2.53. The van der Waals surface area contributed by atoms with E-state index in [1.807, 2.05) is 18.2 Å². The molecular weight excluding hydrogens is 317 g/mol. The van der Waals surface area contributed by atoms with Crippen LogP contribution in [0.5, 0.6) is 0 Å². The van der Waals surface area contributed by atoms with Gasteiger partial charge in [0.15, 0.2) is 0 Å². The second kappa shape index (κ2) is 6.41. The first-order valence-corrected chi connectivity index (χ1v) is 8.58. The number of piperidine rings is 1. The fourth-order valence-corrected chi connectivity index (χ4v) is 3.55. The number of hydrogen-bond donors (Lipinski definition) is 1. The van der Waals surface area contributed by atoms with Gasteiger partial charge in [-0.2, -0.15) is 0 Å². The topological polar surface area (TPSA) is 44.7 Å². The van der Waals surface area contributed by atoms with Gasteiger partial charge in [0.1, 0.15) is 17.2 Å². The molecule has 0 bridgehead atoms. The van der Waals surface area contributed by atoms with E-state index in [0.29, 0.717) is 11.3 Å². The van der Waals surface area contributed by atoms with Gasteiger partial charge in [-0.3, -0.25) is 14.7 Å². The van der Waals surface area contributed by atoms with Gasteiger partial charge in [0.25, 0.3) is 5.91 Å². The highest BCUT2D eigenvalue weighted by Gasteiger charge is 2.42. The molecule has 2 aliphatic heterocycles. The summed E-state index contributed by atoms with van der Waals surface area (Å²) in [5.74, 6) is -0.561. The van der Waals surface area contributed by atoms with E-state index in [1.165, 1.54) is 17.7 Å². The van der Waals surface area contributed by atoms with Gasteiger partial charge < -0.3 is 5.32 Å². The third-order valence-electron chi connectivity index (χ3n) is 4.92. The molecule has 4 nitrogen and oxygen atoms in total. The lowest BCUT2D eigenvalue weighted by Gasteiger charge is -2.37. The number of carbonyl (C=O) groups excluding carboxylic acids is 1. The quantitative estimate of drug-likeness (QED) is 0.936. The second-order valence-corrected chi connectivity index (χ2v) is 6.72. The van der Waals surface area contributed by atoms with Gasteiger partial charge in [-0.25, -0.2) is 4.39 Å². The lowest BCUT2D eigenvalue weighted by atomic mass is 9.97. The van der Waals surface area contributed by atoms with Crippen molar-refractivity contribution in [3.8, 4) is 0 Å².